The predicted molar refractivity (Wildman–Crippen MR) is 80.4 cm³/mol. The maximum atomic E-state index is 12.4. The third kappa shape index (κ3) is 2.96. The quantitative estimate of drug-likeness (QED) is 0.789. The minimum absolute atomic E-state index is 0.0253. The lowest BCUT2D eigenvalue weighted by atomic mass is 9.61. The van der Waals surface area contributed by atoms with Gasteiger partial charge in [-0.15, -0.1) is 0 Å². The van der Waals surface area contributed by atoms with Crippen LogP contribution in [0.1, 0.15) is 39.3 Å². The Kier molecular flexibility index (Phi) is 4.34. The number of thiazole rings is 1. The summed E-state index contributed by atoms with van der Waals surface area (Å²) in [6.07, 6.45) is 1.71. The largest absolute Gasteiger partial charge is 0.350 e. The second kappa shape index (κ2) is 5.69. The fourth-order valence-electron chi connectivity index (χ4n) is 3.03. The zero-order chi connectivity index (χ0) is 14.9. The van der Waals surface area contributed by atoms with Gasteiger partial charge in [0.1, 0.15) is 0 Å². The SMILES string of the molecule is CC1C(N)CCC(C(=O)NCc2csc(=O)[nH]2)C1(C)C. The zero-order valence-corrected chi connectivity index (χ0v) is 13.0. The fraction of sp³-hybridized carbons (Fsp3) is 0.714. The van der Waals surface area contributed by atoms with Crippen molar-refractivity contribution in [2.45, 2.75) is 46.2 Å². The maximum Gasteiger partial charge on any atom is 0.304 e. The molecule has 0 aliphatic heterocycles. The van der Waals surface area contributed by atoms with Crippen molar-refractivity contribution in [3.8, 4) is 0 Å². The first kappa shape index (κ1) is 15.3. The van der Waals surface area contributed by atoms with Crippen LogP contribution in [0.5, 0.6) is 0 Å². The molecule has 0 saturated heterocycles. The van der Waals surface area contributed by atoms with Crippen molar-refractivity contribution in [1.82, 2.24) is 10.3 Å². The maximum absolute atomic E-state index is 12.4. The minimum Gasteiger partial charge on any atom is -0.350 e. The number of amides is 1. The second-order valence-corrected chi connectivity index (χ2v) is 7.14. The zero-order valence-electron chi connectivity index (χ0n) is 12.2. The van der Waals surface area contributed by atoms with Crippen molar-refractivity contribution in [2.75, 3.05) is 0 Å². The summed E-state index contributed by atoms with van der Waals surface area (Å²) in [5.74, 6) is 0.344. The summed E-state index contributed by atoms with van der Waals surface area (Å²) in [6.45, 7) is 6.74. The Bertz CT molecular complexity index is 535. The number of carbonyl (C=O) groups excluding carboxylic acids is 1. The molecule has 6 heteroatoms. The van der Waals surface area contributed by atoms with Crippen molar-refractivity contribution in [2.24, 2.45) is 23.0 Å². The lowest BCUT2D eigenvalue weighted by molar-refractivity contribution is -0.132. The van der Waals surface area contributed by atoms with E-state index >= 15 is 0 Å². The van der Waals surface area contributed by atoms with Crippen LogP contribution in [0.2, 0.25) is 0 Å². The van der Waals surface area contributed by atoms with Gasteiger partial charge in [-0.1, -0.05) is 32.1 Å². The van der Waals surface area contributed by atoms with E-state index < -0.39 is 0 Å². The van der Waals surface area contributed by atoms with Gasteiger partial charge in [0, 0.05) is 23.0 Å². The monoisotopic (exact) mass is 297 g/mol. The molecule has 1 fully saturated rings. The predicted octanol–water partition coefficient (Wildman–Crippen LogP) is 1.45. The van der Waals surface area contributed by atoms with E-state index in [0.29, 0.717) is 12.5 Å². The molecule has 3 unspecified atom stereocenters. The van der Waals surface area contributed by atoms with Crippen LogP contribution >= 0.6 is 11.3 Å². The fourth-order valence-corrected chi connectivity index (χ4v) is 3.61. The standard InChI is InChI=1S/C14H23N3O2S/c1-8-11(15)5-4-10(14(8,2)3)12(18)16-6-9-7-20-13(19)17-9/h7-8,10-11H,4-6,15H2,1-3H3,(H,16,18)(H,17,19). The molecular weight excluding hydrogens is 274 g/mol. The summed E-state index contributed by atoms with van der Waals surface area (Å²) in [5.41, 5.74) is 6.76. The Morgan fingerprint density at radius 2 is 2.25 bits per heavy atom. The van der Waals surface area contributed by atoms with Gasteiger partial charge >= 0.3 is 4.87 Å². The smallest absolute Gasteiger partial charge is 0.304 e. The molecular formula is C14H23N3O2S. The first-order valence-corrected chi connectivity index (χ1v) is 7.90. The van der Waals surface area contributed by atoms with E-state index in [9.17, 15) is 9.59 Å². The Hall–Kier alpha value is -1.14. The average Bonchev–Trinajstić information content (AvgIpc) is 2.79. The molecule has 0 aromatic carbocycles. The van der Waals surface area contributed by atoms with Gasteiger partial charge < -0.3 is 16.0 Å². The lowest BCUT2D eigenvalue weighted by Gasteiger charge is -2.46. The molecule has 1 amide bonds. The number of carbonyl (C=O) groups is 1. The number of nitrogens with one attached hydrogen (secondary N) is 2. The topological polar surface area (TPSA) is 88.0 Å². The minimum atomic E-state index is -0.107. The molecule has 112 valence electrons. The number of aromatic nitrogens is 1. The van der Waals surface area contributed by atoms with Gasteiger partial charge in [-0.05, 0) is 24.2 Å². The van der Waals surface area contributed by atoms with Gasteiger partial charge in [-0.25, -0.2) is 0 Å². The molecule has 1 aliphatic rings. The van der Waals surface area contributed by atoms with E-state index in [2.05, 4.69) is 31.1 Å². The number of nitrogens with two attached hydrogens (primary N) is 1. The molecule has 0 radical (unpaired) electrons. The van der Waals surface area contributed by atoms with Gasteiger partial charge in [0.15, 0.2) is 0 Å². The Labute approximate surface area is 123 Å². The van der Waals surface area contributed by atoms with E-state index in [1.165, 1.54) is 0 Å². The number of rotatable bonds is 3. The molecule has 0 bridgehead atoms. The molecule has 5 nitrogen and oxygen atoms in total. The second-order valence-electron chi connectivity index (χ2n) is 6.30. The number of hydrogen-bond acceptors (Lipinski definition) is 4. The van der Waals surface area contributed by atoms with Crippen LogP contribution in [0.15, 0.2) is 10.2 Å². The van der Waals surface area contributed by atoms with Gasteiger partial charge in [0.25, 0.3) is 0 Å². The highest BCUT2D eigenvalue weighted by Gasteiger charge is 2.44. The van der Waals surface area contributed by atoms with Crippen LogP contribution in [0.4, 0.5) is 0 Å². The van der Waals surface area contributed by atoms with E-state index in [1.807, 2.05) is 0 Å². The molecule has 2 rings (SSSR count). The molecule has 1 saturated carbocycles. The van der Waals surface area contributed by atoms with Crippen LogP contribution < -0.4 is 15.9 Å². The lowest BCUT2D eigenvalue weighted by Crippen LogP contribution is -2.51. The molecule has 1 aromatic rings. The summed E-state index contributed by atoms with van der Waals surface area (Å²) in [7, 11) is 0. The molecule has 20 heavy (non-hydrogen) atoms. The molecule has 1 aliphatic carbocycles. The number of hydrogen-bond donors (Lipinski definition) is 3. The van der Waals surface area contributed by atoms with Crippen LogP contribution in [0.25, 0.3) is 0 Å². The van der Waals surface area contributed by atoms with Crippen LogP contribution in [0, 0.1) is 17.3 Å². The van der Waals surface area contributed by atoms with E-state index in [1.54, 1.807) is 5.38 Å². The average molecular weight is 297 g/mol. The molecule has 4 N–H and O–H groups in total. The van der Waals surface area contributed by atoms with E-state index in [4.69, 9.17) is 5.73 Å². The number of H-pyrrole nitrogens is 1. The van der Waals surface area contributed by atoms with Crippen molar-refractivity contribution in [3.05, 3.63) is 20.7 Å². The van der Waals surface area contributed by atoms with Crippen molar-refractivity contribution < 1.29 is 4.79 Å². The van der Waals surface area contributed by atoms with Gasteiger partial charge in [-0.3, -0.25) is 9.59 Å². The van der Waals surface area contributed by atoms with E-state index in [0.717, 1.165) is 29.9 Å². The summed E-state index contributed by atoms with van der Waals surface area (Å²) in [5, 5.41) is 4.67. The third-order valence-corrected chi connectivity index (χ3v) is 5.56. The van der Waals surface area contributed by atoms with Crippen molar-refractivity contribution in [1.29, 1.82) is 0 Å². The van der Waals surface area contributed by atoms with Gasteiger partial charge in [0.05, 0.1) is 6.54 Å². The van der Waals surface area contributed by atoms with Crippen molar-refractivity contribution >= 4 is 17.2 Å². The summed E-state index contributed by atoms with van der Waals surface area (Å²) >= 11 is 1.11. The van der Waals surface area contributed by atoms with Crippen LogP contribution in [0.3, 0.4) is 0 Å². The Morgan fingerprint density at radius 1 is 1.55 bits per heavy atom. The highest BCUT2D eigenvalue weighted by Crippen LogP contribution is 2.44. The first-order chi connectivity index (χ1) is 9.32. The third-order valence-electron chi connectivity index (χ3n) is 4.84. The van der Waals surface area contributed by atoms with Crippen molar-refractivity contribution in [3.63, 3.8) is 0 Å². The molecule has 1 heterocycles. The van der Waals surface area contributed by atoms with Gasteiger partial charge in [-0.2, -0.15) is 0 Å². The summed E-state index contributed by atoms with van der Waals surface area (Å²) < 4.78 is 0. The van der Waals surface area contributed by atoms with Crippen LogP contribution in [-0.4, -0.2) is 16.9 Å². The molecule has 0 spiro atoms. The summed E-state index contributed by atoms with van der Waals surface area (Å²) in [4.78, 5) is 26.1. The first-order valence-electron chi connectivity index (χ1n) is 7.02. The van der Waals surface area contributed by atoms with E-state index in [-0.39, 0.29) is 28.2 Å². The molecule has 3 atom stereocenters. The highest BCUT2D eigenvalue weighted by molar-refractivity contribution is 7.07. The van der Waals surface area contributed by atoms with Gasteiger partial charge in [0.2, 0.25) is 5.91 Å². The Morgan fingerprint density at radius 3 is 2.85 bits per heavy atom. The summed E-state index contributed by atoms with van der Waals surface area (Å²) in [6, 6.07) is 0.169. The molecule has 1 aromatic heterocycles. The van der Waals surface area contributed by atoms with Crippen LogP contribution in [-0.2, 0) is 11.3 Å². The highest BCUT2D eigenvalue weighted by atomic mass is 32.1. The normalized spacial score (nSPS) is 29.1. The number of aromatic amines is 1. The Balaban J connectivity index is 1.99.